The number of hydrogen-bond donors (Lipinski definition) is 1. The van der Waals surface area contributed by atoms with Crippen LogP contribution in [0.25, 0.3) is 21.2 Å². The normalized spacial score (nSPS) is 18.3. The van der Waals surface area contributed by atoms with Crippen LogP contribution in [0, 0.1) is 17.4 Å². The molecule has 182 valence electrons. The lowest BCUT2D eigenvalue weighted by molar-refractivity contribution is 0.0765. The van der Waals surface area contributed by atoms with Crippen LogP contribution in [0.4, 0.5) is 0 Å². The Hall–Kier alpha value is -3.41. The SMILES string of the molecule is C1CN2CCC1CC2.CN(CCOC#N)C(=O)c1cccc(-c2cccc3cc(C(N)=O)sc23)c1. The first-order chi connectivity index (χ1) is 17.0. The van der Waals surface area contributed by atoms with Crippen molar-refractivity contribution in [2.45, 2.75) is 19.3 Å². The van der Waals surface area contributed by atoms with Crippen LogP contribution in [0.2, 0.25) is 0 Å². The molecule has 2 amide bonds. The van der Waals surface area contributed by atoms with Gasteiger partial charge in [0.15, 0.2) is 0 Å². The van der Waals surface area contributed by atoms with E-state index in [1.54, 1.807) is 25.4 Å². The summed E-state index contributed by atoms with van der Waals surface area (Å²) in [6, 6.07) is 14.9. The quantitative estimate of drug-likeness (QED) is 0.409. The lowest BCUT2D eigenvalue weighted by Gasteiger charge is -2.38. The molecule has 2 N–H and O–H groups in total. The Morgan fingerprint density at radius 3 is 2.46 bits per heavy atom. The minimum Gasteiger partial charge on any atom is -0.426 e. The van der Waals surface area contributed by atoms with E-state index in [1.165, 1.54) is 55.1 Å². The standard InChI is InChI=1S/C20H17N3O3S.C7H13N/c1-23(8-9-26-12-21)20(25)15-6-2-4-13(10-15)16-7-3-5-14-11-17(19(22)24)27-18(14)16;1-4-8-5-2-7(1)3-6-8/h2-7,10-11H,8-9H2,1H3,(H2,22,24);7H,1-6H2. The smallest absolute Gasteiger partial charge is 0.286 e. The van der Waals surface area contributed by atoms with E-state index < -0.39 is 5.91 Å². The number of ether oxygens (including phenoxy) is 1. The zero-order valence-corrected chi connectivity index (χ0v) is 20.7. The average molecular weight is 491 g/mol. The number of piperidine rings is 3. The van der Waals surface area contributed by atoms with Gasteiger partial charge in [-0.05, 0) is 79.5 Å². The van der Waals surface area contributed by atoms with Crippen molar-refractivity contribution in [2.24, 2.45) is 11.7 Å². The number of amides is 2. The second kappa shape index (κ2) is 11.3. The molecule has 3 fully saturated rings. The number of primary amides is 1. The van der Waals surface area contributed by atoms with E-state index in [0.717, 1.165) is 27.1 Å². The van der Waals surface area contributed by atoms with E-state index in [0.29, 0.717) is 17.0 Å². The highest BCUT2D eigenvalue weighted by Gasteiger charge is 2.24. The molecule has 4 heterocycles. The minimum atomic E-state index is -0.452. The number of thiophene rings is 1. The highest BCUT2D eigenvalue weighted by molar-refractivity contribution is 7.21. The van der Waals surface area contributed by atoms with E-state index >= 15 is 0 Å². The Morgan fingerprint density at radius 2 is 1.86 bits per heavy atom. The lowest BCUT2D eigenvalue weighted by atomic mass is 9.89. The summed E-state index contributed by atoms with van der Waals surface area (Å²) < 4.78 is 5.58. The van der Waals surface area contributed by atoms with Crippen molar-refractivity contribution in [1.82, 2.24) is 9.80 Å². The number of fused-ring (bicyclic) bond motifs is 4. The molecule has 0 radical (unpaired) electrons. The molecule has 0 saturated carbocycles. The van der Waals surface area contributed by atoms with Crippen molar-refractivity contribution in [3.05, 3.63) is 59.0 Å². The van der Waals surface area contributed by atoms with Gasteiger partial charge in [-0.3, -0.25) is 9.59 Å². The third kappa shape index (κ3) is 5.99. The summed E-state index contributed by atoms with van der Waals surface area (Å²) in [5.74, 6) is 0.502. The van der Waals surface area contributed by atoms with Gasteiger partial charge in [0.1, 0.15) is 6.61 Å². The molecule has 2 aromatic carbocycles. The molecule has 0 aliphatic carbocycles. The zero-order valence-electron chi connectivity index (χ0n) is 19.9. The maximum atomic E-state index is 12.6. The zero-order chi connectivity index (χ0) is 24.8. The van der Waals surface area contributed by atoms with Crippen molar-refractivity contribution < 1.29 is 14.3 Å². The van der Waals surface area contributed by atoms with Gasteiger partial charge in [0.25, 0.3) is 18.1 Å². The van der Waals surface area contributed by atoms with E-state index in [1.807, 2.05) is 36.4 Å². The maximum absolute atomic E-state index is 12.6. The van der Waals surface area contributed by atoms with Crippen LogP contribution < -0.4 is 5.73 Å². The molecule has 0 spiro atoms. The largest absolute Gasteiger partial charge is 0.426 e. The molecule has 35 heavy (non-hydrogen) atoms. The summed E-state index contributed by atoms with van der Waals surface area (Å²) in [5.41, 5.74) is 7.76. The lowest BCUT2D eigenvalue weighted by Crippen LogP contribution is -2.41. The van der Waals surface area contributed by atoms with E-state index in [4.69, 9.17) is 11.0 Å². The molecular formula is C27H30N4O3S. The summed E-state index contributed by atoms with van der Waals surface area (Å²) in [5, 5.41) is 9.35. The molecule has 8 heteroatoms. The van der Waals surface area contributed by atoms with Crippen molar-refractivity contribution in [3.8, 4) is 17.4 Å². The number of nitriles is 1. The highest BCUT2D eigenvalue weighted by Crippen LogP contribution is 2.35. The molecule has 0 atom stereocenters. The van der Waals surface area contributed by atoms with Crippen LogP contribution in [-0.2, 0) is 4.74 Å². The van der Waals surface area contributed by atoms with Crippen molar-refractivity contribution in [1.29, 1.82) is 5.26 Å². The Morgan fingerprint density at radius 1 is 1.14 bits per heavy atom. The first-order valence-corrected chi connectivity index (χ1v) is 12.7. The number of benzene rings is 2. The number of carbonyl (C=O) groups excluding carboxylic acids is 2. The van der Waals surface area contributed by atoms with Crippen LogP contribution in [0.15, 0.2) is 48.5 Å². The van der Waals surface area contributed by atoms with Gasteiger partial charge < -0.3 is 20.3 Å². The summed E-state index contributed by atoms with van der Waals surface area (Å²) in [4.78, 5) is 28.7. The molecule has 6 rings (SSSR count). The number of likely N-dealkylation sites (N-methyl/N-ethyl adjacent to an activating group) is 1. The van der Waals surface area contributed by atoms with Crippen LogP contribution in [-0.4, -0.2) is 61.4 Å². The summed E-state index contributed by atoms with van der Waals surface area (Å²) in [7, 11) is 1.66. The predicted octanol–water partition coefficient (Wildman–Crippen LogP) is 4.34. The van der Waals surface area contributed by atoms with E-state index in [-0.39, 0.29) is 12.5 Å². The maximum Gasteiger partial charge on any atom is 0.286 e. The van der Waals surface area contributed by atoms with Gasteiger partial charge in [-0.2, -0.15) is 5.26 Å². The predicted molar refractivity (Wildman–Crippen MR) is 138 cm³/mol. The number of carbonyl (C=O) groups is 2. The van der Waals surface area contributed by atoms with Gasteiger partial charge in [-0.1, -0.05) is 30.3 Å². The number of hydrogen-bond acceptors (Lipinski definition) is 6. The van der Waals surface area contributed by atoms with Gasteiger partial charge in [0.2, 0.25) is 0 Å². The van der Waals surface area contributed by atoms with Gasteiger partial charge in [-0.25, -0.2) is 0 Å². The third-order valence-electron chi connectivity index (χ3n) is 6.71. The molecule has 2 bridgehead atoms. The Labute approximate surface area is 209 Å². The summed E-state index contributed by atoms with van der Waals surface area (Å²) in [6.07, 6.45) is 6.05. The fraction of sp³-hybridized carbons (Fsp3) is 0.370. The van der Waals surface area contributed by atoms with Gasteiger partial charge in [-0.15, -0.1) is 11.3 Å². The molecule has 0 unspecified atom stereocenters. The van der Waals surface area contributed by atoms with Crippen LogP contribution in [0.3, 0.4) is 0 Å². The molecule has 1 aromatic heterocycles. The molecule has 7 nitrogen and oxygen atoms in total. The molecule has 3 aliphatic heterocycles. The van der Waals surface area contributed by atoms with E-state index in [2.05, 4.69) is 9.64 Å². The van der Waals surface area contributed by atoms with Gasteiger partial charge in [0.05, 0.1) is 11.4 Å². The number of nitrogens with zero attached hydrogens (tertiary/aromatic N) is 3. The van der Waals surface area contributed by atoms with Crippen molar-refractivity contribution >= 4 is 33.2 Å². The monoisotopic (exact) mass is 490 g/mol. The second-order valence-corrected chi connectivity index (χ2v) is 10.1. The number of rotatable bonds is 6. The molecule has 3 aromatic rings. The fourth-order valence-electron chi connectivity index (χ4n) is 4.65. The highest BCUT2D eigenvalue weighted by atomic mass is 32.1. The van der Waals surface area contributed by atoms with Gasteiger partial charge >= 0.3 is 0 Å². The van der Waals surface area contributed by atoms with Gasteiger partial charge in [0, 0.05) is 17.3 Å². The molecule has 3 aliphatic rings. The summed E-state index contributed by atoms with van der Waals surface area (Å²) >= 11 is 1.34. The second-order valence-electron chi connectivity index (χ2n) is 9.02. The number of nitrogens with two attached hydrogens (primary N) is 1. The fourth-order valence-corrected chi connectivity index (χ4v) is 5.69. The third-order valence-corrected chi connectivity index (χ3v) is 7.91. The van der Waals surface area contributed by atoms with Crippen LogP contribution in [0.5, 0.6) is 0 Å². The topological polar surface area (TPSA) is 99.7 Å². The van der Waals surface area contributed by atoms with Crippen molar-refractivity contribution in [2.75, 3.05) is 39.8 Å². The minimum absolute atomic E-state index is 0.156. The van der Waals surface area contributed by atoms with Crippen LogP contribution >= 0.6 is 11.3 Å². The van der Waals surface area contributed by atoms with E-state index in [9.17, 15) is 9.59 Å². The molecule has 3 saturated heterocycles. The molecular weight excluding hydrogens is 460 g/mol. The van der Waals surface area contributed by atoms with Crippen LogP contribution in [0.1, 0.15) is 39.3 Å². The van der Waals surface area contributed by atoms with Crippen molar-refractivity contribution in [3.63, 3.8) is 0 Å². The summed E-state index contributed by atoms with van der Waals surface area (Å²) in [6.45, 7) is 4.65. The Balaban J connectivity index is 0.000000301. The first kappa shape index (κ1) is 24.7. The Kier molecular flexibility index (Phi) is 8.01. The first-order valence-electron chi connectivity index (χ1n) is 11.9. The Bertz CT molecular complexity index is 1220. The average Bonchev–Trinajstić information content (AvgIpc) is 3.35.